The number of nitrogens with zero attached hydrogens (tertiary/aromatic N) is 1. The first-order chi connectivity index (χ1) is 17.7. The summed E-state index contributed by atoms with van der Waals surface area (Å²) in [6.07, 6.45) is 0. The molecule has 1 heterocycles. The lowest BCUT2D eigenvalue weighted by Gasteiger charge is -2.27. The number of hydrogen-bond acceptors (Lipinski definition) is 4. The highest BCUT2D eigenvalue weighted by Crippen LogP contribution is 2.43. The first-order valence-corrected chi connectivity index (χ1v) is 12.2. The number of ether oxygens (including phenoxy) is 1. The fourth-order valence-corrected chi connectivity index (χ4v) is 4.81. The van der Waals surface area contributed by atoms with E-state index in [0.717, 1.165) is 16.3 Å². The number of rotatable bonds is 4. The molecular formula is C32H29NO4. The molecule has 5 nitrogen and oxygen atoms in total. The molecule has 1 fully saturated rings. The maximum absolute atomic E-state index is 13.5. The zero-order valence-electron chi connectivity index (χ0n) is 21.4. The van der Waals surface area contributed by atoms with Crippen LogP contribution in [-0.4, -0.2) is 23.9 Å². The topological polar surface area (TPSA) is 66.8 Å². The number of Topliss-reactive ketones (excluding diaryl/α,β-unsaturated/α-hetero) is 1. The number of aliphatic hydroxyl groups is 1. The van der Waals surface area contributed by atoms with Crippen molar-refractivity contribution in [2.75, 3.05) is 12.0 Å². The second-order valence-electron chi connectivity index (χ2n) is 10.3. The normalized spacial score (nSPS) is 17.4. The fraction of sp³-hybridized carbons (Fsp3) is 0.188. The van der Waals surface area contributed by atoms with E-state index in [2.05, 4.69) is 20.8 Å². The van der Waals surface area contributed by atoms with E-state index < -0.39 is 17.7 Å². The fourth-order valence-electron chi connectivity index (χ4n) is 4.81. The van der Waals surface area contributed by atoms with E-state index in [9.17, 15) is 14.7 Å². The summed E-state index contributed by atoms with van der Waals surface area (Å²) >= 11 is 0. The molecule has 1 saturated heterocycles. The van der Waals surface area contributed by atoms with E-state index in [-0.39, 0.29) is 16.7 Å². The maximum atomic E-state index is 13.5. The van der Waals surface area contributed by atoms with Gasteiger partial charge in [0.2, 0.25) is 0 Å². The Morgan fingerprint density at radius 2 is 1.49 bits per heavy atom. The highest BCUT2D eigenvalue weighted by atomic mass is 16.5. The first-order valence-electron chi connectivity index (χ1n) is 12.2. The lowest BCUT2D eigenvalue weighted by Crippen LogP contribution is -2.29. The van der Waals surface area contributed by atoms with Gasteiger partial charge in [0.05, 0.1) is 18.7 Å². The van der Waals surface area contributed by atoms with Gasteiger partial charge in [-0.05, 0) is 57.6 Å². The zero-order chi connectivity index (χ0) is 26.3. The minimum absolute atomic E-state index is 0.0574. The van der Waals surface area contributed by atoms with Crippen molar-refractivity contribution in [1.82, 2.24) is 0 Å². The van der Waals surface area contributed by atoms with Crippen molar-refractivity contribution in [3.63, 3.8) is 0 Å². The molecule has 0 aromatic heterocycles. The Hall–Kier alpha value is -4.38. The predicted molar refractivity (Wildman–Crippen MR) is 147 cm³/mol. The van der Waals surface area contributed by atoms with Gasteiger partial charge in [-0.15, -0.1) is 0 Å². The van der Waals surface area contributed by atoms with Crippen LogP contribution < -0.4 is 9.64 Å². The molecule has 1 atom stereocenters. The number of methoxy groups -OCH3 is 1. The summed E-state index contributed by atoms with van der Waals surface area (Å²) in [6, 6.07) is 27.4. The van der Waals surface area contributed by atoms with E-state index in [1.165, 1.54) is 4.90 Å². The van der Waals surface area contributed by atoms with Gasteiger partial charge in [-0.2, -0.15) is 0 Å². The third-order valence-electron chi connectivity index (χ3n) is 6.91. The molecule has 4 aromatic rings. The molecule has 0 spiro atoms. The monoisotopic (exact) mass is 491 g/mol. The number of carbonyl (C=O) groups is 2. The summed E-state index contributed by atoms with van der Waals surface area (Å²) in [7, 11) is 1.58. The Morgan fingerprint density at radius 3 is 2.11 bits per heavy atom. The van der Waals surface area contributed by atoms with Crippen molar-refractivity contribution >= 4 is 33.9 Å². The van der Waals surface area contributed by atoms with Crippen LogP contribution in [0.3, 0.4) is 0 Å². The molecule has 0 saturated carbocycles. The molecule has 37 heavy (non-hydrogen) atoms. The van der Waals surface area contributed by atoms with Crippen molar-refractivity contribution in [3.8, 4) is 5.75 Å². The molecular weight excluding hydrogens is 462 g/mol. The second-order valence-corrected chi connectivity index (χ2v) is 10.3. The average molecular weight is 492 g/mol. The molecule has 1 aliphatic rings. The van der Waals surface area contributed by atoms with E-state index in [1.54, 1.807) is 25.3 Å². The van der Waals surface area contributed by atoms with Crippen LogP contribution in [0, 0.1) is 0 Å². The van der Waals surface area contributed by atoms with Crippen LogP contribution >= 0.6 is 0 Å². The summed E-state index contributed by atoms with van der Waals surface area (Å²) in [6.45, 7) is 6.36. The van der Waals surface area contributed by atoms with Gasteiger partial charge in [-0.25, -0.2) is 0 Å². The molecule has 0 radical (unpaired) electrons. The van der Waals surface area contributed by atoms with Crippen LogP contribution in [0.25, 0.3) is 16.5 Å². The van der Waals surface area contributed by atoms with E-state index in [0.29, 0.717) is 22.6 Å². The van der Waals surface area contributed by atoms with Gasteiger partial charge in [0.15, 0.2) is 0 Å². The molecule has 0 bridgehead atoms. The summed E-state index contributed by atoms with van der Waals surface area (Å²) in [5.41, 5.74) is 2.89. The average Bonchev–Trinajstić information content (AvgIpc) is 3.17. The summed E-state index contributed by atoms with van der Waals surface area (Å²) in [5, 5.41) is 13.4. The molecule has 5 rings (SSSR count). The van der Waals surface area contributed by atoms with Crippen molar-refractivity contribution < 1.29 is 19.4 Å². The van der Waals surface area contributed by atoms with Crippen LogP contribution in [-0.2, 0) is 15.0 Å². The number of amides is 1. The minimum Gasteiger partial charge on any atom is -0.507 e. The van der Waals surface area contributed by atoms with Gasteiger partial charge in [0.25, 0.3) is 11.7 Å². The number of aliphatic hydroxyl groups excluding tert-OH is 1. The van der Waals surface area contributed by atoms with Gasteiger partial charge in [-0.1, -0.05) is 81.4 Å². The van der Waals surface area contributed by atoms with Crippen LogP contribution in [0.1, 0.15) is 43.5 Å². The van der Waals surface area contributed by atoms with E-state index in [4.69, 9.17) is 4.74 Å². The standard InChI is InChI=1S/C32H29NO4/c1-32(2,3)24-13-15-25(16-14-24)33-28(21-11-17-26(37-4)18-12-21)27(30(35)31(33)36)29(34)23-10-9-20-7-5-6-8-22(20)19-23/h5-19,28,34H,1-4H3/b29-27-. The van der Waals surface area contributed by atoms with Crippen LogP contribution in [0.5, 0.6) is 5.75 Å². The van der Waals surface area contributed by atoms with Gasteiger partial charge in [-0.3, -0.25) is 14.5 Å². The lowest BCUT2D eigenvalue weighted by molar-refractivity contribution is -0.132. The number of fused-ring (bicyclic) bond motifs is 1. The number of benzene rings is 4. The maximum Gasteiger partial charge on any atom is 0.300 e. The Balaban J connectivity index is 1.68. The molecule has 1 N–H and O–H groups in total. The van der Waals surface area contributed by atoms with E-state index >= 15 is 0 Å². The third-order valence-corrected chi connectivity index (χ3v) is 6.91. The van der Waals surface area contributed by atoms with Crippen molar-refractivity contribution in [3.05, 3.63) is 113 Å². The highest BCUT2D eigenvalue weighted by Gasteiger charge is 2.47. The molecule has 4 aromatic carbocycles. The Morgan fingerprint density at radius 1 is 0.838 bits per heavy atom. The smallest absolute Gasteiger partial charge is 0.300 e. The number of carbonyl (C=O) groups excluding carboxylic acids is 2. The van der Waals surface area contributed by atoms with Crippen LogP contribution in [0.2, 0.25) is 0 Å². The number of ketones is 1. The molecule has 0 aliphatic carbocycles. The quantitative estimate of drug-likeness (QED) is 0.194. The molecule has 1 unspecified atom stereocenters. The number of hydrogen-bond donors (Lipinski definition) is 1. The largest absolute Gasteiger partial charge is 0.507 e. The first kappa shape index (κ1) is 24.3. The Labute approximate surface area is 216 Å². The van der Waals surface area contributed by atoms with Gasteiger partial charge in [0.1, 0.15) is 11.5 Å². The molecule has 186 valence electrons. The SMILES string of the molecule is COc1ccc(C2/C(=C(/O)c3ccc4ccccc4c3)C(=O)C(=O)N2c2ccc(C(C)(C)C)cc2)cc1. The van der Waals surface area contributed by atoms with Gasteiger partial charge in [0, 0.05) is 11.3 Å². The summed E-state index contributed by atoms with van der Waals surface area (Å²) in [4.78, 5) is 28.4. The predicted octanol–water partition coefficient (Wildman–Crippen LogP) is 6.77. The summed E-state index contributed by atoms with van der Waals surface area (Å²) in [5.74, 6) is -0.929. The number of anilines is 1. The lowest BCUT2D eigenvalue weighted by atomic mass is 9.87. The summed E-state index contributed by atoms with van der Waals surface area (Å²) < 4.78 is 5.31. The Kier molecular flexibility index (Phi) is 6.08. The molecule has 1 amide bonds. The van der Waals surface area contributed by atoms with Crippen molar-refractivity contribution in [2.45, 2.75) is 32.2 Å². The van der Waals surface area contributed by atoms with Crippen LogP contribution in [0.15, 0.2) is 96.6 Å². The van der Waals surface area contributed by atoms with Gasteiger partial charge >= 0.3 is 0 Å². The van der Waals surface area contributed by atoms with Crippen molar-refractivity contribution in [2.24, 2.45) is 0 Å². The molecule has 1 aliphatic heterocycles. The van der Waals surface area contributed by atoms with E-state index in [1.807, 2.05) is 72.8 Å². The van der Waals surface area contributed by atoms with Crippen molar-refractivity contribution in [1.29, 1.82) is 0 Å². The van der Waals surface area contributed by atoms with Crippen LogP contribution in [0.4, 0.5) is 5.69 Å². The third kappa shape index (κ3) is 4.38. The second kappa shape index (κ2) is 9.25. The van der Waals surface area contributed by atoms with Gasteiger partial charge < -0.3 is 9.84 Å². The highest BCUT2D eigenvalue weighted by molar-refractivity contribution is 6.51. The molecule has 5 heteroatoms. The Bertz CT molecular complexity index is 1530. The zero-order valence-corrected chi connectivity index (χ0v) is 21.4. The minimum atomic E-state index is -0.794.